The van der Waals surface area contributed by atoms with E-state index in [1.165, 1.54) is 22.2 Å². The minimum Gasteiger partial charge on any atom is -0.385 e. The number of aromatic nitrogens is 1. The molecule has 0 aliphatic heterocycles. The van der Waals surface area contributed by atoms with Crippen molar-refractivity contribution in [3.8, 4) is 11.1 Å². The van der Waals surface area contributed by atoms with Crippen LogP contribution in [0.15, 0.2) is 54.6 Å². The summed E-state index contributed by atoms with van der Waals surface area (Å²) in [6.07, 6.45) is 2.10. The van der Waals surface area contributed by atoms with Crippen molar-refractivity contribution >= 4 is 16.6 Å². The van der Waals surface area contributed by atoms with Crippen LogP contribution in [0.3, 0.4) is 0 Å². The normalized spacial score (nSPS) is 10.3. The lowest BCUT2D eigenvalue weighted by molar-refractivity contribution is 0.199. The smallest absolute Gasteiger partial charge is 0.0705 e. The maximum Gasteiger partial charge on any atom is 0.0705 e. The van der Waals surface area contributed by atoms with Crippen molar-refractivity contribution in [3.05, 3.63) is 60.3 Å². The second-order valence-electron chi connectivity index (χ2n) is 6.50. The van der Waals surface area contributed by atoms with Gasteiger partial charge in [0.25, 0.3) is 0 Å². The molecular formula is C23H30N2O. The Kier molecular flexibility index (Phi) is 7.61. The molecule has 0 saturated heterocycles. The third-order valence-electron chi connectivity index (χ3n) is 4.23. The Balaban J connectivity index is 0.000000431. The number of hydrogen-bond donors (Lipinski definition) is 0. The minimum atomic E-state index is 0.889. The van der Waals surface area contributed by atoms with Gasteiger partial charge in [0.15, 0.2) is 0 Å². The van der Waals surface area contributed by atoms with E-state index in [1.54, 1.807) is 7.11 Å². The van der Waals surface area contributed by atoms with Gasteiger partial charge in [-0.25, -0.2) is 0 Å². The van der Waals surface area contributed by atoms with Gasteiger partial charge in [-0.3, -0.25) is 4.98 Å². The maximum absolute atomic E-state index is 4.69. The van der Waals surface area contributed by atoms with E-state index in [-0.39, 0.29) is 0 Å². The molecule has 3 nitrogen and oxygen atoms in total. The van der Waals surface area contributed by atoms with Crippen LogP contribution >= 0.6 is 0 Å². The zero-order valence-corrected chi connectivity index (χ0v) is 16.6. The van der Waals surface area contributed by atoms with Crippen molar-refractivity contribution in [1.29, 1.82) is 0 Å². The zero-order chi connectivity index (χ0) is 18.9. The van der Waals surface area contributed by atoms with Gasteiger partial charge in [-0.15, -0.1) is 0 Å². The van der Waals surface area contributed by atoms with Crippen LogP contribution in [0, 0.1) is 0 Å². The summed E-state index contributed by atoms with van der Waals surface area (Å²) in [5.41, 5.74) is 5.91. The molecular weight excluding hydrogens is 320 g/mol. The van der Waals surface area contributed by atoms with Gasteiger partial charge in [0, 0.05) is 44.6 Å². The fraction of sp³-hybridized carbons (Fsp3) is 0.348. The van der Waals surface area contributed by atoms with E-state index < -0.39 is 0 Å². The molecule has 3 heteroatoms. The van der Waals surface area contributed by atoms with E-state index in [9.17, 15) is 0 Å². The molecule has 0 radical (unpaired) electrons. The van der Waals surface area contributed by atoms with E-state index in [0.29, 0.717) is 0 Å². The van der Waals surface area contributed by atoms with Gasteiger partial charge in [0.1, 0.15) is 0 Å². The summed E-state index contributed by atoms with van der Waals surface area (Å²) in [7, 11) is 5.83. The average Bonchev–Trinajstić information content (AvgIpc) is 2.68. The van der Waals surface area contributed by atoms with Gasteiger partial charge in [0.05, 0.1) is 5.52 Å². The van der Waals surface area contributed by atoms with Gasteiger partial charge in [0.2, 0.25) is 0 Å². The summed E-state index contributed by atoms with van der Waals surface area (Å²) < 4.78 is 4.69. The predicted molar refractivity (Wildman–Crippen MR) is 113 cm³/mol. The van der Waals surface area contributed by atoms with Crippen LogP contribution in [0.25, 0.3) is 22.0 Å². The summed E-state index contributed by atoms with van der Waals surface area (Å²) in [6.45, 7) is 5.11. The Hall–Kier alpha value is -2.39. The number of ether oxygens (including phenoxy) is 1. The van der Waals surface area contributed by atoms with E-state index >= 15 is 0 Å². The highest BCUT2D eigenvalue weighted by atomic mass is 16.5. The largest absolute Gasteiger partial charge is 0.385 e. The van der Waals surface area contributed by atoms with Crippen LogP contribution in [-0.2, 0) is 11.2 Å². The molecule has 3 rings (SSSR count). The molecule has 26 heavy (non-hydrogen) atoms. The van der Waals surface area contributed by atoms with E-state index in [1.807, 2.05) is 0 Å². The van der Waals surface area contributed by atoms with Crippen LogP contribution in [0.5, 0.6) is 0 Å². The van der Waals surface area contributed by atoms with Crippen LogP contribution < -0.4 is 4.90 Å². The molecule has 0 aliphatic carbocycles. The van der Waals surface area contributed by atoms with Gasteiger partial charge < -0.3 is 9.64 Å². The van der Waals surface area contributed by atoms with Crippen molar-refractivity contribution in [2.24, 2.45) is 0 Å². The number of benzene rings is 2. The third kappa shape index (κ3) is 5.30. The summed E-state index contributed by atoms with van der Waals surface area (Å²) in [5.74, 6) is 0. The molecule has 0 aliphatic rings. The quantitative estimate of drug-likeness (QED) is 0.601. The Morgan fingerprint density at radius 2 is 1.58 bits per heavy atom. The predicted octanol–water partition coefficient (Wildman–Crippen LogP) is 5.57. The van der Waals surface area contributed by atoms with Gasteiger partial charge >= 0.3 is 0 Å². The average molecular weight is 351 g/mol. The molecule has 0 saturated carbocycles. The number of pyridine rings is 1. The first-order valence-electron chi connectivity index (χ1n) is 9.25. The van der Waals surface area contributed by atoms with Gasteiger partial charge in [-0.05, 0) is 54.3 Å². The number of aryl methyl sites for hydroxylation is 1. The fourth-order valence-electron chi connectivity index (χ4n) is 2.70. The first-order valence-corrected chi connectivity index (χ1v) is 9.25. The monoisotopic (exact) mass is 350 g/mol. The molecule has 0 N–H and O–H groups in total. The maximum atomic E-state index is 4.69. The number of nitrogens with zero attached hydrogens (tertiary/aromatic N) is 2. The van der Waals surface area contributed by atoms with Gasteiger partial charge in [-0.1, -0.05) is 38.1 Å². The summed E-state index contributed by atoms with van der Waals surface area (Å²) in [5, 5.41) is 1.20. The van der Waals surface area contributed by atoms with Gasteiger partial charge in [-0.2, -0.15) is 0 Å². The number of hydrogen-bond acceptors (Lipinski definition) is 3. The molecule has 0 spiro atoms. The minimum absolute atomic E-state index is 0.889. The lowest BCUT2D eigenvalue weighted by Gasteiger charge is -2.13. The van der Waals surface area contributed by atoms with Crippen LogP contribution in [0.1, 0.15) is 26.0 Å². The molecule has 2 aromatic carbocycles. The highest BCUT2D eigenvalue weighted by Gasteiger charge is 2.02. The summed E-state index contributed by atoms with van der Waals surface area (Å²) >= 11 is 0. The Labute approximate surface area is 157 Å². The molecule has 3 aromatic rings. The standard InChI is InChI=1S/C19H20N2.C4H10O/c1-4-17-9-5-16-13-15(8-12-19(16)20-17)14-6-10-18(11-7-14)21(2)3;1-3-4-5-2/h5-13H,4H2,1-3H3;3-4H2,1-2H3. The third-order valence-corrected chi connectivity index (χ3v) is 4.23. The van der Waals surface area contributed by atoms with Crippen molar-refractivity contribution in [3.63, 3.8) is 0 Å². The summed E-state index contributed by atoms with van der Waals surface area (Å²) in [6, 6.07) is 19.4. The van der Waals surface area contributed by atoms with Crippen LogP contribution in [0.4, 0.5) is 5.69 Å². The lowest BCUT2D eigenvalue weighted by atomic mass is 10.0. The zero-order valence-electron chi connectivity index (χ0n) is 16.6. The molecule has 0 amide bonds. The highest BCUT2D eigenvalue weighted by Crippen LogP contribution is 2.25. The molecule has 0 bridgehead atoms. The number of rotatable bonds is 5. The van der Waals surface area contributed by atoms with Crippen molar-refractivity contribution < 1.29 is 4.74 Å². The van der Waals surface area contributed by atoms with E-state index in [4.69, 9.17) is 4.74 Å². The molecule has 0 fully saturated rings. The van der Waals surface area contributed by atoms with Crippen LogP contribution in [0.2, 0.25) is 0 Å². The molecule has 0 unspecified atom stereocenters. The molecule has 138 valence electrons. The Bertz CT molecular complexity index is 808. The first-order chi connectivity index (χ1) is 12.6. The summed E-state index contributed by atoms with van der Waals surface area (Å²) in [4.78, 5) is 6.77. The number of anilines is 1. The van der Waals surface area contributed by atoms with Crippen LogP contribution in [-0.4, -0.2) is 32.8 Å². The second-order valence-corrected chi connectivity index (χ2v) is 6.50. The number of methoxy groups -OCH3 is 1. The Morgan fingerprint density at radius 1 is 0.885 bits per heavy atom. The fourth-order valence-corrected chi connectivity index (χ4v) is 2.70. The van der Waals surface area contributed by atoms with E-state index in [0.717, 1.165) is 30.7 Å². The lowest BCUT2D eigenvalue weighted by Crippen LogP contribution is -2.07. The van der Waals surface area contributed by atoms with Crippen molar-refractivity contribution in [2.45, 2.75) is 26.7 Å². The molecule has 1 heterocycles. The number of fused-ring (bicyclic) bond motifs is 1. The second kappa shape index (κ2) is 9.93. The SMILES string of the molecule is CCCOC.CCc1ccc2cc(-c3ccc(N(C)C)cc3)ccc2n1. The van der Waals surface area contributed by atoms with Crippen molar-refractivity contribution in [1.82, 2.24) is 4.98 Å². The molecule has 0 atom stereocenters. The highest BCUT2D eigenvalue weighted by molar-refractivity contribution is 5.84. The van der Waals surface area contributed by atoms with E-state index in [2.05, 4.69) is 92.4 Å². The first kappa shape index (κ1) is 19.9. The topological polar surface area (TPSA) is 25.4 Å². The Morgan fingerprint density at radius 3 is 2.12 bits per heavy atom. The molecule has 1 aromatic heterocycles. The van der Waals surface area contributed by atoms with Crippen molar-refractivity contribution in [2.75, 3.05) is 32.7 Å².